The molecule has 1 unspecified atom stereocenters. The van der Waals surface area contributed by atoms with Gasteiger partial charge in [0, 0.05) is 31.5 Å². The Bertz CT molecular complexity index is 412. The zero-order valence-corrected chi connectivity index (χ0v) is 11.3. The molecule has 1 N–H and O–H groups in total. The summed E-state index contributed by atoms with van der Waals surface area (Å²) in [6.45, 7) is 6.93. The Labute approximate surface area is 103 Å². The van der Waals surface area contributed by atoms with Gasteiger partial charge in [-0.2, -0.15) is 22.5 Å². The van der Waals surface area contributed by atoms with Gasteiger partial charge in [-0.1, -0.05) is 13.8 Å². The lowest BCUT2D eigenvalue weighted by molar-refractivity contribution is 0.416. The highest BCUT2D eigenvalue weighted by Gasteiger charge is 2.20. The smallest absolute Gasteiger partial charge is 0.271 e. The van der Waals surface area contributed by atoms with Crippen molar-refractivity contribution in [1.82, 2.24) is 18.8 Å². The summed E-state index contributed by atoms with van der Waals surface area (Å²) in [6.07, 6.45) is 3.48. The van der Waals surface area contributed by atoms with Crippen LogP contribution in [0.5, 0.6) is 0 Å². The minimum Gasteiger partial charge on any atom is -0.271 e. The van der Waals surface area contributed by atoms with Crippen LogP contribution < -0.4 is 4.72 Å². The van der Waals surface area contributed by atoms with E-state index >= 15 is 0 Å². The Morgan fingerprint density at radius 3 is 2.53 bits per heavy atom. The van der Waals surface area contributed by atoms with E-state index in [1.165, 1.54) is 4.31 Å². The number of aromatic nitrogens is 2. The average Bonchev–Trinajstić information content (AvgIpc) is 2.70. The molecule has 7 heteroatoms. The van der Waals surface area contributed by atoms with E-state index in [0.717, 1.165) is 0 Å². The van der Waals surface area contributed by atoms with E-state index in [2.05, 4.69) is 9.82 Å². The first-order chi connectivity index (χ1) is 7.99. The Kier molecular flexibility index (Phi) is 5.10. The van der Waals surface area contributed by atoms with Crippen molar-refractivity contribution in [3.63, 3.8) is 0 Å². The van der Waals surface area contributed by atoms with E-state index in [0.29, 0.717) is 19.6 Å². The second-order valence-corrected chi connectivity index (χ2v) is 5.54. The standard InChI is InChI=1S/C10H20N4O2S/c1-4-14(5-2)17(15,16)12-10(3)9-13-8-6-7-11-13/h6-8,10,12H,4-5,9H2,1-3H3. The molecular weight excluding hydrogens is 240 g/mol. The average molecular weight is 260 g/mol. The molecule has 0 aromatic carbocycles. The van der Waals surface area contributed by atoms with Crippen molar-refractivity contribution in [2.75, 3.05) is 13.1 Å². The quantitative estimate of drug-likeness (QED) is 0.774. The number of hydrogen-bond acceptors (Lipinski definition) is 3. The first-order valence-electron chi connectivity index (χ1n) is 5.74. The summed E-state index contributed by atoms with van der Waals surface area (Å²) in [5.41, 5.74) is 0. The molecule has 0 aliphatic heterocycles. The number of hydrogen-bond donors (Lipinski definition) is 1. The van der Waals surface area contributed by atoms with E-state index in [9.17, 15) is 8.42 Å². The van der Waals surface area contributed by atoms with Crippen LogP contribution in [0.2, 0.25) is 0 Å². The Morgan fingerprint density at radius 2 is 2.06 bits per heavy atom. The molecular formula is C10H20N4O2S. The summed E-state index contributed by atoms with van der Waals surface area (Å²) in [5, 5.41) is 4.04. The van der Waals surface area contributed by atoms with Gasteiger partial charge in [0.1, 0.15) is 0 Å². The summed E-state index contributed by atoms with van der Waals surface area (Å²) in [6, 6.07) is 1.62. The van der Waals surface area contributed by atoms with Crippen molar-refractivity contribution >= 4 is 10.2 Å². The zero-order chi connectivity index (χ0) is 12.9. The SMILES string of the molecule is CCN(CC)S(=O)(=O)NC(C)Cn1cccn1. The van der Waals surface area contributed by atoms with E-state index < -0.39 is 10.2 Å². The van der Waals surface area contributed by atoms with Gasteiger partial charge in [0.15, 0.2) is 0 Å². The monoisotopic (exact) mass is 260 g/mol. The van der Waals surface area contributed by atoms with Crippen molar-refractivity contribution in [2.24, 2.45) is 0 Å². The third-order valence-electron chi connectivity index (χ3n) is 2.42. The van der Waals surface area contributed by atoms with Gasteiger partial charge in [0.25, 0.3) is 10.2 Å². The lowest BCUT2D eigenvalue weighted by Crippen LogP contribution is -2.45. The van der Waals surface area contributed by atoms with Crippen LogP contribution >= 0.6 is 0 Å². The maximum absolute atomic E-state index is 11.9. The highest BCUT2D eigenvalue weighted by molar-refractivity contribution is 7.87. The third-order valence-corrected chi connectivity index (χ3v) is 4.31. The second kappa shape index (κ2) is 6.13. The first-order valence-corrected chi connectivity index (χ1v) is 7.18. The van der Waals surface area contributed by atoms with E-state index in [1.54, 1.807) is 10.9 Å². The summed E-state index contributed by atoms with van der Waals surface area (Å²) >= 11 is 0. The highest BCUT2D eigenvalue weighted by Crippen LogP contribution is 2.00. The largest absolute Gasteiger partial charge is 0.279 e. The van der Waals surface area contributed by atoms with Gasteiger partial charge in [-0.15, -0.1) is 0 Å². The molecule has 1 heterocycles. The molecule has 0 amide bonds. The van der Waals surface area contributed by atoms with Gasteiger partial charge in [-0.25, -0.2) is 0 Å². The molecule has 1 rings (SSSR count). The lowest BCUT2D eigenvalue weighted by Gasteiger charge is -2.22. The van der Waals surface area contributed by atoms with Crippen LogP contribution in [0.4, 0.5) is 0 Å². The van der Waals surface area contributed by atoms with E-state index in [-0.39, 0.29) is 6.04 Å². The van der Waals surface area contributed by atoms with Crippen LogP contribution in [0.15, 0.2) is 18.5 Å². The minimum absolute atomic E-state index is 0.194. The Hall–Kier alpha value is -0.920. The van der Waals surface area contributed by atoms with Crippen LogP contribution in [-0.4, -0.2) is 41.6 Å². The predicted molar refractivity (Wildman–Crippen MR) is 66.7 cm³/mol. The van der Waals surface area contributed by atoms with Gasteiger partial charge >= 0.3 is 0 Å². The predicted octanol–water partition coefficient (Wildman–Crippen LogP) is 0.448. The van der Waals surface area contributed by atoms with Crippen molar-refractivity contribution in [3.8, 4) is 0 Å². The van der Waals surface area contributed by atoms with E-state index in [1.807, 2.05) is 33.0 Å². The maximum Gasteiger partial charge on any atom is 0.279 e. The fourth-order valence-electron chi connectivity index (χ4n) is 1.62. The molecule has 0 saturated heterocycles. The number of nitrogens with zero attached hydrogens (tertiary/aromatic N) is 3. The molecule has 0 spiro atoms. The molecule has 1 aromatic heterocycles. The van der Waals surface area contributed by atoms with Crippen LogP contribution in [-0.2, 0) is 16.8 Å². The number of rotatable bonds is 7. The number of nitrogens with one attached hydrogen (secondary N) is 1. The van der Waals surface area contributed by atoms with Gasteiger partial charge in [0.2, 0.25) is 0 Å². The van der Waals surface area contributed by atoms with Gasteiger partial charge < -0.3 is 0 Å². The molecule has 0 saturated carbocycles. The van der Waals surface area contributed by atoms with Crippen LogP contribution in [0.25, 0.3) is 0 Å². The summed E-state index contributed by atoms with van der Waals surface area (Å²) in [5.74, 6) is 0. The molecule has 98 valence electrons. The molecule has 0 aliphatic rings. The highest BCUT2D eigenvalue weighted by atomic mass is 32.2. The third kappa shape index (κ3) is 4.10. The molecule has 1 aromatic rings. The Morgan fingerprint density at radius 1 is 1.41 bits per heavy atom. The van der Waals surface area contributed by atoms with Crippen molar-refractivity contribution in [3.05, 3.63) is 18.5 Å². The van der Waals surface area contributed by atoms with Crippen LogP contribution in [0.3, 0.4) is 0 Å². The summed E-state index contributed by atoms with van der Waals surface area (Å²) in [7, 11) is -3.38. The van der Waals surface area contributed by atoms with Crippen molar-refractivity contribution in [2.45, 2.75) is 33.4 Å². The van der Waals surface area contributed by atoms with Crippen molar-refractivity contribution in [1.29, 1.82) is 0 Å². The minimum atomic E-state index is -3.38. The topological polar surface area (TPSA) is 67.2 Å². The van der Waals surface area contributed by atoms with Gasteiger partial charge in [0.05, 0.1) is 6.54 Å². The van der Waals surface area contributed by atoms with Gasteiger partial charge in [-0.3, -0.25) is 4.68 Å². The van der Waals surface area contributed by atoms with Crippen molar-refractivity contribution < 1.29 is 8.42 Å². The molecule has 0 aliphatic carbocycles. The molecule has 1 atom stereocenters. The maximum atomic E-state index is 11.9. The summed E-state index contributed by atoms with van der Waals surface area (Å²) < 4.78 is 29.6. The molecule has 0 bridgehead atoms. The zero-order valence-electron chi connectivity index (χ0n) is 10.5. The fourth-order valence-corrected chi connectivity index (χ4v) is 3.03. The first kappa shape index (κ1) is 14.1. The molecule has 0 radical (unpaired) electrons. The summed E-state index contributed by atoms with van der Waals surface area (Å²) in [4.78, 5) is 0. The fraction of sp³-hybridized carbons (Fsp3) is 0.700. The van der Waals surface area contributed by atoms with Crippen LogP contribution in [0.1, 0.15) is 20.8 Å². The molecule has 6 nitrogen and oxygen atoms in total. The molecule has 0 fully saturated rings. The normalized spacial score (nSPS) is 14.1. The molecule has 17 heavy (non-hydrogen) atoms. The van der Waals surface area contributed by atoms with Crippen LogP contribution in [0, 0.1) is 0 Å². The van der Waals surface area contributed by atoms with E-state index in [4.69, 9.17) is 0 Å². The lowest BCUT2D eigenvalue weighted by atomic mass is 10.4. The van der Waals surface area contributed by atoms with Gasteiger partial charge in [-0.05, 0) is 13.0 Å². The Balaban J connectivity index is 2.58. The second-order valence-electron chi connectivity index (χ2n) is 3.84.